The van der Waals surface area contributed by atoms with Crippen LogP contribution in [0.4, 0.5) is 0 Å². The van der Waals surface area contributed by atoms with Crippen LogP contribution >= 0.6 is 0 Å². The summed E-state index contributed by atoms with van der Waals surface area (Å²) in [7, 11) is 0. The maximum atomic E-state index is 12.8. The molecule has 1 aliphatic heterocycles. The molecule has 24 heavy (non-hydrogen) atoms. The second-order valence-corrected chi connectivity index (χ2v) is 6.27. The SMILES string of the molecule is O=C(NCc1ccccc1)C1CNCCc2c1[nH]c1ccccc21. The van der Waals surface area contributed by atoms with E-state index in [2.05, 4.69) is 33.8 Å². The molecule has 0 aliphatic carbocycles. The Bertz CT molecular complexity index is 854. The van der Waals surface area contributed by atoms with Gasteiger partial charge in [-0.3, -0.25) is 4.79 Å². The topological polar surface area (TPSA) is 56.9 Å². The van der Waals surface area contributed by atoms with Crippen LogP contribution in [0.15, 0.2) is 54.6 Å². The molecule has 1 aromatic heterocycles. The van der Waals surface area contributed by atoms with E-state index in [0.29, 0.717) is 13.1 Å². The van der Waals surface area contributed by atoms with Crippen LogP contribution < -0.4 is 10.6 Å². The fraction of sp³-hybridized carbons (Fsp3) is 0.250. The maximum absolute atomic E-state index is 12.8. The largest absolute Gasteiger partial charge is 0.357 e. The Morgan fingerprint density at radius 2 is 1.88 bits per heavy atom. The number of rotatable bonds is 3. The highest BCUT2D eigenvalue weighted by Gasteiger charge is 2.27. The standard InChI is InChI=1S/C20H21N3O/c24-20(22-12-14-6-2-1-3-7-14)17-13-21-11-10-16-15-8-4-5-9-18(15)23-19(16)17/h1-9,17,21,23H,10-13H2,(H,22,24). The van der Waals surface area contributed by atoms with Gasteiger partial charge in [0.2, 0.25) is 5.91 Å². The number of nitrogens with one attached hydrogen (secondary N) is 3. The lowest BCUT2D eigenvalue weighted by molar-refractivity contribution is -0.122. The Morgan fingerprint density at radius 1 is 1.08 bits per heavy atom. The van der Waals surface area contributed by atoms with Gasteiger partial charge in [-0.1, -0.05) is 48.5 Å². The van der Waals surface area contributed by atoms with E-state index < -0.39 is 0 Å². The Morgan fingerprint density at radius 3 is 2.75 bits per heavy atom. The minimum atomic E-state index is -0.182. The first kappa shape index (κ1) is 15.0. The number of aromatic nitrogens is 1. The first-order chi connectivity index (χ1) is 11.8. The molecule has 2 aromatic carbocycles. The van der Waals surface area contributed by atoms with Gasteiger partial charge in [-0.25, -0.2) is 0 Å². The summed E-state index contributed by atoms with van der Waals surface area (Å²) in [4.78, 5) is 16.3. The van der Waals surface area contributed by atoms with E-state index in [0.717, 1.165) is 29.7 Å². The summed E-state index contributed by atoms with van der Waals surface area (Å²) < 4.78 is 0. The van der Waals surface area contributed by atoms with Gasteiger partial charge in [-0.2, -0.15) is 0 Å². The van der Waals surface area contributed by atoms with Gasteiger partial charge in [0.15, 0.2) is 0 Å². The van der Waals surface area contributed by atoms with Crippen molar-refractivity contribution in [3.63, 3.8) is 0 Å². The Labute approximate surface area is 141 Å². The van der Waals surface area contributed by atoms with Gasteiger partial charge < -0.3 is 15.6 Å². The number of H-pyrrole nitrogens is 1. The van der Waals surface area contributed by atoms with E-state index in [-0.39, 0.29) is 11.8 Å². The van der Waals surface area contributed by atoms with Gasteiger partial charge >= 0.3 is 0 Å². The van der Waals surface area contributed by atoms with Crippen LogP contribution in [0.3, 0.4) is 0 Å². The van der Waals surface area contributed by atoms with Crippen molar-refractivity contribution >= 4 is 16.8 Å². The van der Waals surface area contributed by atoms with E-state index in [9.17, 15) is 4.79 Å². The van der Waals surface area contributed by atoms with Crippen molar-refractivity contribution < 1.29 is 4.79 Å². The lowest BCUT2D eigenvalue weighted by Crippen LogP contribution is -2.34. The molecule has 3 aromatic rings. The minimum Gasteiger partial charge on any atom is -0.357 e. The number of carbonyl (C=O) groups excluding carboxylic acids is 1. The molecule has 0 spiro atoms. The predicted molar refractivity (Wildman–Crippen MR) is 95.9 cm³/mol. The third-order valence-corrected chi connectivity index (χ3v) is 4.72. The number of benzene rings is 2. The summed E-state index contributed by atoms with van der Waals surface area (Å²) in [5.41, 5.74) is 4.57. The quantitative estimate of drug-likeness (QED) is 0.695. The third-order valence-electron chi connectivity index (χ3n) is 4.72. The van der Waals surface area contributed by atoms with Crippen LogP contribution in [0.5, 0.6) is 0 Å². The molecule has 1 amide bonds. The molecule has 1 aliphatic rings. The van der Waals surface area contributed by atoms with Crippen LogP contribution in [-0.2, 0) is 17.8 Å². The average molecular weight is 319 g/mol. The van der Waals surface area contributed by atoms with E-state index in [1.807, 2.05) is 36.4 Å². The van der Waals surface area contributed by atoms with E-state index in [1.54, 1.807) is 0 Å². The zero-order valence-corrected chi connectivity index (χ0v) is 13.5. The average Bonchev–Trinajstić information content (AvgIpc) is 2.86. The van der Waals surface area contributed by atoms with E-state index in [4.69, 9.17) is 0 Å². The Balaban J connectivity index is 1.60. The molecule has 2 heterocycles. The minimum absolute atomic E-state index is 0.0704. The van der Waals surface area contributed by atoms with Crippen molar-refractivity contribution in [2.45, 2.75) is 18.9 Å². The summed E-state index contributed by atoms with van der Waals surface area (Å²) in [5.74, 6) is -0.111. The number of para-hydroxylation sites is 1. The summed E-state index contributed by atoms with van der Waals surface area (Å²) in [6.45, 7) is 2.13. The highest BCUT2D eigenvalue weighted by molar-refractivity contribution is 5.90. The number of amides is 1. The summed E-state index contributed by atoms with van der Waals surface area (Å²) in [6.07, 6.45) is 0.946. The molecule has 122 valence electrons. The first-order valence-electron chi connectivity index (χ1n) is 8.45. The van der Waals surface area contributed by atoms with Gasteiger partial charge in [0.25, 0.3) is 0 Å². The van der Waals surface area contributed by atoms with Gasteiger partial charge in [0.1, 0.15) is 0 Å². The number of hydrogen-bond donors (Lipinski definition) is 3. The molecular weight excluding hydrogens is 298 g/mol. The second kappa shape index (κ2) is 6.49. The molecular formula is C20H21N3O. The molecule has 4 rings (SSSR count). The van der Waals surface area contributed by atoms with Crippen LogP contribution in [-0.4, -0.2) is 24.0 Å². The second-order valence-electron chi connectivity index (χ2n) is 6.27. The predicted octanol–water partition coefficient (Wildman–Crippen LogP) is 2.71. The maximum Gasteiger partial charge on any atom is 0.230 e. The fourth-order valence-corrected chi connectivity index (χ4v) is 3.48. The summed E-state index contributed by atoms with van der Waals surface area (Å²) in [6, 6.07) is 18.3. The molecule has 4 heteroatoms. The highest BCUT2D eigenvalue weighted by Crippen LogP contribution is 2.29. The van der Waals surface area contributed by atoms with E-state index in [1.165, 1.54) is 10.9 Å². The van der Waals surface area contributed by atoms with Gasteiger partial charge in [0.05, 0.1) is 5.92 Å². The van der Waals surface area contributed by atoms with Crippen LogP contribution in [0.1, 0.15) is 22.7 Å². The number of carbonyl (C=O) groups is 1. The lowest BCUT2D eigenvalue weighted by Gasteiger charge is -2.15. The van der Waals surface area contributed by atoms with E-state index >= 15 is 0 Å². The number of fused-ring (bicyclic) bond motifs is 3. The summed E-state index contributed by atoms with van der Waals surface area (Å²) >= 11 is 0. The summed E-state index contributed by atoms with van der Waals surface area (Å²) in [5, 5.41) is 7.71. The Kier molecular flexibility index (Phi) is 4.05. The molecule has 0 saturated heterocycles. The smallest absolute Gasteiger partial charge is 0.230 e. The number of aromatic amines is 1. The Hall–Kier alpha value is -2.59. The van der Waals surface area contributed by atoms with Crippen molar-refractivity contribution in [3.05, 3.63) is 71.4 Å². The fourth-order valence-electron chi connectivity index (χ4n) is 3.48. The van der Waals surface area contributed by atoms with Crippen LogP contribution in [0, 0.1) is 0 Å². The molecule has 0 saturated carbocycles. The number of hydrogen-bond acceptors (Lipinski definition) is 2. The lowest BCUT2D eigenvalue weighted by atomic mass is 9.99. The molecule has 1 atom stereocenters. The molecule has 0 radical (unpaired) electrons. The van der Waals surface area contributed by atoms with Gasteiger partial charge in [-0.05, 0) is 30.2 Å². The van der Waals surface area contributed by atoms with Crippen molar-refractivity contribution in [1.29, 1.82) is 0 Å². The van der Waals surface area contributed by atoms with Gasteiger partial charge in [0, 0.05) is 29.7 Å². The van der Waals surface area contributed by atoms with Gasteiger partial charge in [-0.15, -0.1) is 0 Å². The normalized spacial score (nSPS) is 17.2. The molecule has 3 N–H and O–H groups in total. The van der Waals surface area contributed by atoms with Crippen molar-refractivity contribution in [2.75, 3.05) is 13.1 Å². The molecule has 0 fully saturated rings. The van der Waals surface area contributed by atoms with Crippen molar-refractivity contribution in [2.24, 2.45) is 0 Å². The third kappa shape index (κ3) is 2.81. The zero-order valence-electron chi connectivity index (χ0n) is 13.5. The first-order valence-corrected chi connectivity index (χ1v) is 8.45. The highest BCUT2D eigenvalue weighted by atomic mass is 16.1. The van der Waals surface area contributed by atoms with Crippen LogP contribution in [0.2, 0.25) is 0 Å². The van der Waals surface area contributed by atoms with Crippen LogP contribution in [0.25, 0.3) is 10.9 Å². The zero-order chi connectivity index (χ0) is 16.4. The van der Waals surface area contributed by atoms with Crippen molar-refractivity contribution in [3.8, 4) is 0 Å². The van der Waals surface area contributed by atoms with Crippen molar-refractivity contribution in [1.82, 2.24) is 15.6 Å². The molecule has 1 unspecified atom stereocenters. The molecule has 4 nitrogen and oxygen atoms in total. The monoisotopic (exact) mass is 319 g/mol. The molecule has 0 bridgehead atoms.